The predicted molar refractivity (Wildman–Crippen MR) is 96.5 cm³/mol. The lowest BCUT2D eigenvalue weighted by Crippen LogP contribution is -2.50. The monoisotopic (exact) mass is 371 g/mol. The van der Waals surface area contributed by atoms with E-state index >= 15 is 0 Å². The SMILES string of the molecule is CNC(=O)CN1CCN(C(=O)CCCc2ccc(Cl)c(Cl)c2)CC1. The summed E-state index contributed by atoms with van der Waals surface area (Å²) >= 11 is 11.9. The molecule has 5 nitrogen and oxygen atoms in total. The van der Waals surface area contributed by atoms with Crippen molar-refractivity contribution in [3.8, 4) is 0 Å². The van der Waals surface area contributed by atoms with Gasteiger partial charge in [0.15, 0.2) is 0 Å². The van der Waals surface area contributed by atoms with E-state index in [9.17, 15) is 9.59 Å². The van der Waals surface area contributed by atoms with E-state index in [1.165, 1.54) is 0 Å². The highest BCUT2D eigenvalue weighted by Crippen LogP contribution is 2.23. The fourth-order valence-corrected chi connectivity index (χ4v) is 3.06. The maximum atomic E-state index is 12.3. The van der Waals surface area contributed by atoms with Gasteiger partial charge in [-0.05, 0) is 30.5 Å². The van der Waals surface area contributed by atoms with Crippen LogP contribution in [-0.4, -0.2) is 61.4 Å². The molecule has 0 radical (unpaired) electrons. The summed E-state index contributed by atoms with van der Waals surface area (Å²) in [6.45, 7) is 3.25. The quantitative estimate of drug-likeness (QED) is 0.833. The van der Waals surface area contributed by atoms with E-state index in [0.717, 1.165) is 31.5 Å². The molecule has 0 spiro atoms. The molecule has 1 aromatic carbocycles. The van der Waals surface area contributed by atoms with Crippen LogP contribution >= 0.6 is 23.2 Å². The van der Waals surface area contributed by atoms with Crippen molar-refractivity contribution < 1.29 is 9.59 Å². The minimum absolute atomic E-state index is 0.0106. The van der Waals surface area contributed by atoms with Crippen LogP contribution in [0.25, 0.3) is 0 Å². The van der Waals surface area contributed by atoms with Gasteiger partial charge in [-0.25, -0.2) is 0 Å². The Balaban J connectivity index is 1.70. The predicted octanol–water partition coefficient (Wildman–Crippen LogP) is 2.21. The number of nitrogens with zero attached hydrogens (tertiary/aromatic N) is 2. The molecule has 1 N–H and O–H groups in total. The first-order valence-electron chi connectivity index (χ1n) is 8.14. The number of amides is 2. The van der Waals surface area contributed by atoms with E-state index < -0.39 is 0 Å². The van der Waals surface area contributed by atoms with Crippen molar-refractivity contribution >= 4 is 35.0 Å². The maximum Gasteiger partial charge on any atom is 0.233 e. The van der Waals surface area contributed by atoms with E-state index in [1.54, 1.807) is 13.1 Å². The molecule has 0 unspecified atom stereocenters. The molecule has 0 atom stereocenters. The van der Waals surface area contributed by atoms with Gasteiger partial charge >= 0.3 is 0 Å². The Kier molecular flexibility index (Phi) is 7.34. The van der Waals surface area contributed by atoms with Crippen molar-refractivity contribution in [2.45, 2.75) is 19.3 Å². The summed E-state index contributed by atoms with van der Waals surface area (Å²) in [6, 6.07) is 5.58. The van der Waals surface area contributed by atoms with Gasteiger partial charge in [-0.3, -0.25) is 14.5 Å². The van der Waals surface area contributed by atoms with Gasteiger partial charge in [0.1, 0.15) is 0 Å². The summed E-state index contributed by atoms with van der Waals surface area (Å²) in [7, 11) is 1.63. The van der Waals surface area contributed by atoms with Gasteiger partial charge in [0.2, 0.25) is 11.8 Å². The van der Waals surface area contributed by atoms with E-state index in [4.69, 9.17) is 23.2 Å². The standard InChI is InChI=1S/C17H23Cl2N3O2/c1-20-16(23)12-21-7-9-22(10-8-21)17(24)4-2-3-13-5-6-14(18)15(19)11-13/h5-6,11H,2-4,7-10,12H2,1H3,(H,20,23). The lowest BCUT2D eigenvalue weighted by atomic mass is 10.1. The number of hydrogen-bond acceptors (Lipinski definition) is 3. The Morgan fingerprint density at radius 3 is 2.46 bits per heavy atom. The number of rotatable bonds is 6. The van der Waals surface area contributed by atoms with Crippen molar-refractivity contribution in [1.82, 2.24) is 15.1 Å². The van der Waals surface area contributed by atoms with E-state index in [2.05, 4.69) is 10.2 Å². The fourth-order valence-electron chi connectivity index (χ4n) is 2.73. The molecule has 2 amide bonds. The number of aryl methyl sites for hydroxylation is 1. The van der Waals surface area contributed by atoms with E-state index in [1.807, 2.05) is 17.0 Å². The van der Waals surface area contributed by atoms with Crippen LogP contribution in [0.15, 0.2) is 18.2 Å². The highest BCUT2D eigenvalue weighted by Gasteiger charge is 2.21. The normalized spacial score (nSPS) is 15.4. The molecule has 0 aromatic heterocycles. The van der Waals surface area contributed by atoms with Crippen LogP contribution in [0.3, 0.4) is 0 Å². The topological polar surface area (TPSA) is 52.7 Å². The number of nitrogens with one attached hydrogen (secondary N) is 1. The lowest BCUT2D eigenvalue weighted by Gasteiger charge is -2.34. The summed E-state index contributed by atoms with van der Waals surface area (Å²) in [4.78, 5) is 27.6. The van der Waals surface area contributed by atoms with Crippen LogP contribution in [0.4, 0.5) is 0 Å². The van der Waals surface area contributed by atoms with Gasteiger partial charge in [-0.15, -0.1) is 0 Å². The van der Waals surface area contributed by atoms with Crippen LogP contribution in [0.2, 0.25) is 10.0 Å². The van der Waals surface area contributed by atoms with Crippen molar-refractivity contribution in [3.63, 3.8) is 0 Å². The average molecular weight is 372 g/mol. The van der Waals surface area contributed by atoms with Crippen LogP contribution in [0, 0.1) is 0 Å². The van der Waals surface area contributed by atoms with Gasteiger partial charge in [-0.1, -0.05) is 29.3 Å². The molecular weight excluding hydrogens is 349 g/mol. The summed E-state index contributed by atoms with van der Waals surface area (Å²) in [6.07, 6.45) is 2.12. The van der Waals surface area contributed by atoms with Crippen LogP contribution in [-0.2, 0) is 16.0 Å². The van der Waals surface area contributed by atoms with Crippen molar-refractivity contribution in [1.29, 1.82) is 0 Å². The van der Waals surface area contributed by atoms with Gasteiger partial charge < -0.3 is 10.2 Å². The third-order valence-electron chi connectivity index (χ3n) is 4.21. The molecule has 1 heterocycles. The second-order valence-corrected chi connectivity index (χ2v) is 6.75. The molecule has 1 aliphatic rings. The maximum absolute atomic E-state index is 12.3. The third-order valence-corrected chi connectivity index (χ3v) is 4.95. The van der Waals surface area contributed by atoms with Crippen molar-refractivity contribution in [2.24, 2.45) is 0 Å². The van der Waals surface area contributed by atoms with Crippen molar-refractivity contribution in [3.05, 3.63) is 33.8 Å². The third kappa shape index (κ3) is 5.65. The van der Waals surface area contributed by atoms with Gasteiger partial charge in [0, 0.05) is 39.6 Å². The second kappa shape index (κ2) is 9.25. The molecule has 0 saturated carbocycles. The Morgan fingerprint density at radius 1 is 1.12 bits per heavy atom. The van der Waals surface area contributed by atoms with E-state index in [-0.39, 0.29) is 11.8 Å². The highest BCUT2D eigenvalue weighted by atomic mass is 35.5. The first-order valence-corrected chi connectivity index (χ1v) is 8.90. The fraction of sp³-hybridized carbons (Fsp3) is 0.529. The van der Waals surface area contributed by atoms with Crippen molar-refractivity contribution in [2.75, 3.05) is 39.8 Å². The largest absolute Gasteiger partial charge is 0.358 e. The number of halogens is 2. The number of likely N-dealkylation sites (N-methyl/N-ethyl adjacent to an activating group) is 1. The molecule has 1 fully saturated rings. The number of piperazine rings is 1. The van der Waals surface area contributed by atoms with Gasteiger partial charge in [0.05, 0.1) is 16.6 Å². The van der Waals surface area contributed by atoms with Gasteiger partial charge in [-0.2, -0.15) is 0 Å². The summed E-state index contributed by atoms with van der Waals surface area (Å²) in [5.41, 5.74) is 1.09. The van der Waals surface area contributed by atoms with Crippen LogP contribution in [0.1, 0.15) is 18.4 Å². The molecule has 7 heteroatoms. The molecule has 0 aliphatic carbocycles. The van der Waals surface area contributed by atoms with Gasteiger partial charge in [0.25, 0.3) is 0 Å². The second-order valence-electron chi connectivity index (χ2n) is 5.93. The Hall–Kier alpha value is -1.30. The van der Waals surface area contributed by atoms with E-state index in [0.29, 0.717) is 36.1 Å². The minimum atomic E-state index is 0.0106. The first kappa shape index (κ1) is 19.0. The van der Waals surface area contributed by atoms with Crippen LogP contribution < -0.4 is 5.32 Å². The summed E-state index contributed by atoms with van der Waals surface area (Å²) in [5.74, 6) is 0.186. The molecule has 132 valence electrons. The molecule has 1 aliphatic heterocycles. The molecule has 1 aromatic rings. The highest BCUT2D eigenvalue weighted by molar-refractivity contribution is 6.42. The lowest BCUT2D eigenvalue weighted by molar-refractivity contribution is -0.133. The number of hydrogen-bond donors (Lipinski definition) is 1. The minimum Gasteiger partial charge on any atom is -0.358 e. The average Bonchev–Trinajstić information content (AvgIpc) is 2.58. The first-order chi connectivity index (χ1) is 11.5. The zero-order valence-electron chi connectivity index (χ0n) is 13.9. The zero-order chi connectivity index (χ0) is 17.5. The van der Waals surface area contributed by atoms with Crippen LogP contribution in [0.5, 0.6) is 0 Å². The summed E-state index contributed by atoms with van der Waals surface area (Å²) < 4.78 is 0. The number of benzene rings is 1. The number of carbonyl (C=O) groups is 2. The smallest absolute Gasteiger partial charge is 0.233 e. The summed E-state index contributed by atoms with van der Waals surface area (Å²) in [5, 5.41) is 3.71. The molecule has 24 heavy (non-hydrogen) atoms. The molecular formula is C17H23Cl2N3O2. The molecule has 0 bridgehead atoms. The number of carbonyl (C=O) groups excluding carboxylic acids is 2. The Morgan fingerprint density at radius 2 is 1.83 bits per heavy atom. The Labute approximate surface area is 152 Å². The molecule has 1 saturated heterocycles. The molecule has 2 rings (SSSR count). The Bertz CT molecular complexity index is 587. The zero-order valence-corrected chi connectivity index (χ0v) is 15.4.